The van der Waals surface area contributed by atoms with Crippen molar-refractivity contribution >= 4 is 6.16 Å². The van der Waals surface area contributed by atoms with Crippen LogP contribution in [0.5, 0.6) is 0 Å². The summed E-state index contributed by atoms with van der Waals surface area (Å²) in [5.74, 6) is 0.991. The van der Waals surface area contributed by atoms with Gasteiger partial charge in [-0.15, -0.1) is 0 Å². The lowest BCUT2D eigenvalue weighted by atomic mass is 9.85. The minimum Gasteiger partial charge on any atom is -0.450 e. The van der Waals surface area contributed by atoms with E-state index in [9.17, 15) is 0 Å². The molecule has 4 N–H and O–H groups in total. The average molecular weight is 189 g/mol. The highest BCUT2D eigenvalue weighted by Crippen LogP contribution is 2.24. The monoisotopic (exact) mass is 189 g/mol. The molecule has 0 amide bonds. The van der Waals surface area contributed by atoms with Crippen molar-refractivity contribution in [2.24, 2.45) is 11.7 Å². The lowest BCUT2D eigenvalue weighted by molar-refractivity contribution is 0.137. The third kappa shape index (κ3) is 7.59. The Hall–Kier alpha value is -0.770. The molecule has 1 fully saturated rings. The van der Waals surface area contributed by atoms with Crippen LogP contribution in [0.15, 0.2) is 0 Å². The first kappa shape index (κ1) is 12.2. The molecule has 0 heterocycles. The summed E-state index contributed by atoms with van der Waals surface area (Å²) in [7, 11) is 0. The molecule has 1 rings (SSSR count). The Balaban J connectivity index is 0.000000310. The highest BCUT2D eigenvalue weighted by atomic mass is 16.6. The van der Waals surface area contributed by atoms with Crippen LogP contribution < -0.4 is 5.73 Å². The van der Waals surface area contributed by atoms with E-state index >= 15 is 0 Å². The Morgan fingerprint density at radius 2 is 1.69 bits per heavy atom. The number of hydrogen-bond donors (Lipinski definition) is 3. The molecular weight excluding hydrogens is 170 g/mol. The molecule has 0 spiro atoms. The second kappa shape index (κ2) is 6.71. The predicted molar refractivity (Wildman–Crippen MR) is 50.9 cm³/mol. The Morgan fingerprint density at radius 3 is 2.00 bits per heavy atom. The molecule has 0 aromatic heterocycles. The van der Waals surface area contributed by atoms with E-state index in [1.165, 1.54) is 32.1 Å². The number of rotatable bonds is 1. The second-order valence-corrected chi connectivity index (χ2v) is 3.47. The minimum absolute atomic E-state index is 0.521. The fraction of sp³-hybridized carbons (Fsp3) is 0.889. The van der Waals surface area contributed by atoms with Crippen molar-refractivity contribution < 1.29 is 15.0 Å². The molecule has 0 aliphatic heterocycles. The van der Waals surface area contributed by atoms with Crippen molar-refractivity contribution in [2.75, 3.05) is 0 Å². The maximum atomic E-state index is 8.56. The average Bonchev–Trinajstić information content (AvgIpc) is 2.05. The second-order valence-electron chi connectivity index (χ2n) is 3.47. The van der Waals surface area contributed by atoms with Gasteiger partial charge in [0, 0.05) is 6.04 Å². The minimum atomic E-state index is -1.83. The van der Waals surface area contributed by atoms with Gasteiger partial charge in [0.1, 0.15) is 0 Å². The van der Waals surface area contributed by atoms with Crippen LogP contribution >= 0.6 is 0 Å². The Labute approximate surface area is 78.7 Å². The molecule has 4 nitrogen and oxygen atoms in total. The third-order valence-corrected chi connectivity index (χ3v) is 2.47. The van der Waals surface area contributed by atoms with Gasteiger partial charge in [0.25, 0.3) is 0 Å². The van der Waals surface area contributed by atoms with E-state index in [2.05, 4.69) is 6.92 Å². The number of hydrogen-bond acceptors (Lipinski definition) is 2. The highest BCUT2D eigenvalue weighted by Gasteiger charge is 2.15. The molecular formula is C9H19NO3. The fourth-order valence-corrected chi connectivity index (χ4v) is 1.60. The summed E-state index contributed by atoms with van der Waals surface area (Å²) in [6, 6.07) is 0.521. The smallest absolute Gasteiger partial charge is 0.450 e. The summed E-state index contributed by atoms with van der Waals surface area (Å²) in [5, 5.41) is 13.9. The molecule has 0 aromatic carbocycles. The lowest BCUT2D eigenvalue weighted by Gasteiger charge is -2.24. The summed E-state index contributed by atoms with van der Waals surface area (Å²) in [4.78, 5) is 8.56. The first-order valence-corrected chi connectivity index (χ1v) is 4.73. The van der Waals surface area contributed by atoms with Crippen molar-refractivity contribution in [2.45, 2.75) is 45.1 Å². The van der Waals surface area contributed by atoms with Gasteiger partial charge < -0.3 is 15.9 Å². The largest absolute Gasteiger partial charge is 0.503 e. The van der Waals surface area contributed by atoms with Gasteiger partial charge in [-0.25, -0.2) is 4.79 Å². The van der Waals surface area contributed by atoms with E-state index in [1.54, 1.807) is 0 Å². The molecule has 0 radical (unpaired) electrons. The molecule has 4 heteroatoms. The van der Waals surface area contributed by atoms with Gasteiger partial charge >= 0.3 is 6.16 Å². The van der Waals surface area contributed by atoms with Gasteiger partial charge in [0.05, 0.1) is 0 Å². The maximum Gasteiger partial charge on any atom is 0.503 e. The maximum absolute atomic E-state index is 8.56. The van der Waals surface area contributed by atoms with Crippen LogP contribution in [0.3, 0.4) is 0 Å². The zero-order valence-corrected chi connectivity index (χ0v) is 8.07. The zero-order chi connectivity index (χ0) is 10.3. The standard InChI is InChI=1S/C8H17N.CH2O3/c1-2-7-3-5-8(9)6-4-7;2-1(3)4/h7-8H,2-6,9H2,1H3;(H2,2,3,4). The molecule has 0 bridgehead atoms. The van der Waals surface area contributed by atoms with Crippen molar-refractivity contribution in [1.29, 1.82) is 0 Å². The van der Waals surface area contributed by atoms with Gasteiger partial charge in [-0.2, -0.15) is 0 Å². The van der Waals surface area contributed by atoms with Crippen LogP contribution in [-0.2, 0) is 0 Å². The summed E-state index contributed by atoms with van der Waals surface area (Å²) >= 11 is 0. The van der Waals surface area contributed by atoms with Crippen molar-refractivity contribution in [3.8, 4) is 0 Å². The lowest BCUT2D eigenvalue weighted by Crippen LogP contribution is -2.26. The molecule has 1 aliphatic carbocycles. The number of nitrogens with two attached hydrogens (primary N) is 1. The summed E-state index contributed by atoms with van der Waals surface area (Å²) in [5.41, 5.74) is 5.75. The highest BCUT2D eigenvalue weighted by molar-refractivity contribution is 5.53. The zero-order valence-electron chi connectivity index (χ0n) is 8.07. The molecule has 78 valence electrons. The van der Waals surface area contributed by atoms with Crippen LogP contribution in [0.1, 0.15) is 39.0 Å². The van der Waals surface area contributed by atoms with E-state index < -0.39 is 6.16 Å². The van der Waals surface area contributed by atoms with E-state index in [-0.39, 0.29) is 0 Å². The van der Waals surface area contributed by atoms with Crippen molar-refractivity contribution in [3.63, 3.8) is 0 Å². The van der Waals surface area contributed by atoms with Crippen LogP contribution in [-0.4, -0.2) is 22.4 Å². The Kier molecular flexibility index (Phi) is 6.32. The van der Waals surface area contributed by atoms with E-state index in [4.69, 9.17) is 20.7 Å². The summed E-state index contributed by atoms with van der Waals surface area (Å²) in [6.07, 6.45) is 4.79. The topological polar surface area (TPSA) is 83.6 Å². The normalized spacial score (nSPS) is 27.2. The van der Waals surface area contributed by atoms with Gasteiger partial charge in [0.2, 0.25) is 0 Å². The van der Waals surface area contributed by atoms with E-state index in [0.717, 1.165) is 5.92 Å². The molecule has 0 saturated heterocycles. The van der Waals surface area contributed by atoms with E-state index in [1.807, 2.05) is 0 Å². The van der Waals surface area contributed by atoms with Crippen molar-refractivity contribution in [3.05, 3.63) is 0 Å². The molecule has 1 saturated carbocycles. The summed E-state index contributed by atoms with van der Waals surface area (Å²) in [6.45, 7) is 2.28. The molecule has 0 aromatic rings. The summed E-state index contributed by atoms with van der Waals surface area (Å²) < 4.78 is 0. The Morgan fingerprint density at radius 1 is 1.31 bits per heavy atom. The van der Waals surface area contributed by atoms with Crippen LogP contribution in [0, 0.1) is 5.92 Å². The van der Waals surface area contributed by atoms with Crippen LogP contribution in [0.25, 0.3) is 0 Å². The SMILES string of the molecule is CCC1CCC(N)CC1.O=C(O)O. The van der Waals surface area contributed by atoms with Crippen LogP contribution in [0.4, 0.5) is 4.79 Å². The van der Waals surface area contributed by atoms with Crippen molar-refractivity contribution in [1.82, 2.24) is 0 Å². The quantitative estimate of drug-likeness (QED) is 0.590. The van der Waals surface area contributed by atoms with Gasteiger partial charge in [-0.1, -0.05) is 13.3 Å². The molecule has 0 atom stereocenters. The molecule has 1 aliphatic rings. The first-order valence-electron chi connectivity index (χ1n) is 4.73. The molecule has 13 heavy (non-hydrogen) atoms. The van der Waals surface area contributed by atoms with Gasteiger partial charge in [0.15, 0.2) is 0 Å². The van der Waals surface area contributed by atoms with Crippen LogP contribution in [0.2, 0.25) is 0 Å². The van der Waals surface area contributed by atoms with Gasteiger partial charge in [-0.3, -0.25) is 0 Å². The number of carbonyl (C=O) groups is 1. The van der Waals surface area contributed by atoms with Gasteiger partial charge in [-0.05, 0) is 31.6 Å². The predicted octanol–water partition coefficient (Wildman–Crippen LogP) is 2.14. The Bertz CT molecular complexity index is 138. The fourth-order valence-electron chi connectivity index (χ4n) is 1.60. The van der Waals surface area contributed by atoms with E-state index in [0.29, 0.717) is 6.04 Å². The third-order valence-electron chi connectivity index (χ3n) is 2.47. The first-order chi connectivity index (χ1) is 6.06. The number of carboxylic acid groups (broad SMARTS) is 2. The molecule has 0 unspecified atom stereocenters.